The van der Waals surface area contributed by atoms with E-state index in [1.807, 2.05) is 19.9 Å². The first-order valence-electron chi connectivity index (χ1n) is 8.94. The van der Waals surface area contributed by atoms with Crippen LogP contribution in [0.1, 0.15) is 32.8 Å². The minimum Gasteiger partial charge on any atom is -0.481 e. The number of hydrogen-bond acceptors (Lipinski definition) is 6. The number of ether oxygens (including phenoxy) is 1. The largest absolute Gasteiger partial charge is 0.481 e. The fourth-order valence-electron chi connectivity index (χ4n) is 2.73. The molecular formula is C19H22N4O4. The second kappa shape index (κ2) is 8.03. The van der Waals surface area contributed by atoms with Crippen molar-refractivity contribution in [2.24, 2.45) is 0 Å². The minimum absolute atomic E-state index is 0.237. The van der Waals surface area contributed by atoms with Crippen LogP contribution in [0.2, 0.25) is 0 Å². The molecule has 3 aromatic rings. The van der Waals surface area contributed by atoms with Gasteiger partial charge in [-0.05, 0) is 37.5 Å². The number of aryl methyl sites for hydroxylation is 2. The number of aromatic nitrogens is 3. The van der Waals surface area contributed by atoms with Gasteiger partial charge in [0.05, 0.1) is 0 Å². The molecular weight excluding hydrogens is 348 g/mol. The average molecular weight is 370 g/mol. The van der Waals surface area contributed by atoms with Crippen molar-refractivity contribution < 1.29 is 13.9 Å². The summed E-state index contributed by atoms with van der Waals surface area (Å²) >= 11 is 0. The summed E-state index contributed by atoms with van der Waals surface area (Å²) in [7, 11) is 0. The summed E-state index contributed by atoms with van der Waals surface area (Å²) in [5, 5.41) is 7.65. The molecule has 1 unspecified atom stereocenters. The first-order chi connectivity index (χ1) is 13.0. The molecule has 8 heteroatoms. The van der Waals surface area contributed by atoms with E-state index >= 15 is 0 Å². The van der Waals surface area contributed by atoms with E-state index in [-0.39, 0.29) is 11.9 Å². The maximum Gasteiger partial charge on any atom is 0.336 e. The number of carbonyl (C=O) groups excluding carboxylic acids is 1. The Bertz CT molecular complexity index is 1010. The molecule has 2 heterocycles. The second-order valence-electron chi connectivity index (χ2n) is 6.18. The molecule has 0 aliphatic carbocycles. The molecule has 0 bridgehead atoms. The molecule has 1 atom stereocenters. The molecule has 0 radical (unpaired) electrons. The van der Waals surface area contributed by atoms with Gasteiger partial charge in [0.1, 0.15) is 17.7 Å². The van der Waals surface area contributed by atoms with Crippen molar-refractivity contribution >= 4 is 22.8 Å². The zero-order chi connectivity index (χ0) is 19.4. The lowest BCUT2D eigenvalue weighted by Gasteiger charge is -2.14. The summed E-state index contributed by atoms with van der Waals surface area (Å²) in [6.45, 7) is 6.37. The van der Waals surface area contributed by atoms with Gasteiger partial charge in [0.15, 0.2) is 6.10 Å². The van der Waals surface area contributed by atoms with Crippen molar-refractivity contribution in [2.75, 3.05) is 5.32 Å². The van der Waals surface area contributed by atoms with E-state index < -0.39 is 11.7 Å². The molecule has 0 saturated heterocycles. The molecule has 27 heavy (non-hydrogen) atoms. The maximum atomic E-state index is 12.3. The van der Waals surface area contributed by atoms with Crippen LogP contribution in [0.4, 0.5) is 5.95 Å². The van der Waals surface area contributed by atoms with Gasteiger partial charge in [-0.25, -0.2) is 9.78 Å². The zero-order valence-corrected chi connectivity index (χ0v) is 15.6. The highest BCUT2D eigenvalue weighted by molar-refractivity contribution is 5.92. The lowest BCUT2D eigenvalue weighted by molar-refractivity contribution is -0.122. The van der Waals surface area contributed by atoms with E-state index in [0.717, 1.165) is 30.3 Å². The topological polar surface area (TPSA) is 99.2 Å². The fourth-order valence-corrected chi connectivity index (χ4v) is 2.73. The number of anilines is 1. The number of rotatable bonds is 7. The van der Waals surface area contributed by atoms with Crippen molar-refractivity contribution in [1.82, 2.24) is 14.8 Å². The van der Waals surface area contributed by atoms with Gasteiger partial charge in [-0.3, -0.25) is 14.8 Å². The maximum absolute atomic E-state index is 12.3. The molecule has 1 amide bonds. The third kappa shape index (κ3) is 4.33. The Morgan fingerprint density at radius 1 is 1.33 bits per heavy atom. The van der Waals surface area contributed by atoms with E-state index in [9.17, 15) is 9.59 Å². The molecule has 0 spiro atoms. The van der Waals surface area contributed by atoms with Crippen LogP contribution in [0.15, 0.2) is 39.8 Å². The van der Waals surface area contributed by atoms with Crippen molar-refractivity contribution in [1.29, 1.82) is 0 Å². The number of carbonyl (C=O) groups is 1. The van der Waals surface area contributed by atoms with Crippen molar-refractivity contribution in [3.8, 4) is 5.75 Å². The number of amides is 1. The van der Waals surface area contributed by atoms with Crippen LogP contribution in [0.3, 0.4) is 0 Å². The lowest BCUT2D eigenvalue weighted by atomic mass is 10.1. The summed E-state index contributed by atoms with van der Waals surface area (Å²) in [6.07, 6.45) is 2.44. The molecule has 3 rings (SSSR count). The van der Waals surface area contributed by atoms with Gasteiger partial charge in [0.25, 0.3) is 5.91 Å². The molecule has 0 aliphatic heterocycles. The van der Waals surface area contributed by atoms with Crippen LogP contribution >= 0.6 is 0 Å². The van der Waals surface area contributed by atoms with Gasteiger partial charge in [-0.15, -0.1) is 5.10 Å². The van der Waals surface area contributed by atoms with E-state index in [1.54, 1.807) is 30.1 Å². The van der Waals surface area contributed by atoms with Gasteiger partial charge >= 0.3 is 5.63 Å². The van der Waals surface area contributed by atoms with Gasteiger partial charge < -0.3 is 9.15 Å². The third-order valence-electron chi connectivity index (χ3n) is 4.09. The predicted molar refractivity (Wildman–Crippen MR) is 101 cm³/mol. The summed E-state index contributed by atoms with van der Waals surface area (Å²) in [5.74, 6) is 0.306. The molecule has 1 N–H and O–H groups in total. The molecule has 2 aromatic heterocycles. The van der Waals surface area contributed by atoms with Crippen LogP contribution < -0.4 is 15.7 Å². The predicted octanol–water partition coefficient (Wildman–Crippen LogP) is 2.76. The van der Waals surface area contributed by atoms with E-state index in [2.05, 4.69) is 15.4 Å². The third-order valence-corrected chi connectivity index (χ3v) is 4.09. The Labute approximate surface area is 156 Å². The monoisotopic (exact) mass is 370 g/mol. The Kier molecular flexibility index (Phi) is 5.54. The molecule has 142 valence electrons. The fraction of sp³-hybridized carbons (Fsp3) is 0.368. The summed E-state index contributed by atoms with van der Waals surface area (Å²) < 4.78 is 12.6. The first-order valence-corrected chi connectivity index (χ1v) is 8.94. The molecule has 1 aromatic carbocycles. The molecule has 0 fully saturated rings. The molecule has 0 aliphatic rings. The molecule has 8 nitrogen and oxygen atoms in total. The highest BCUT2D eigenvalue weighted by Gasteiger charge is 2.17. The van der Waals surface area contributed by atoms with Crippen LogP contribution in [0, 0.1) is 0 Å². The smallest absolute Gasteiger partial charge is 0.336 e. The number of benzene rings is 1. The van der Waals surface area contributed by atoms with Crippen LogP contribution in [-0.4, -0.2) is 26.8 Å². The Balaban J connectivity index is 1.71. The first kappa shape index (κ1) is 18.6. The number of hydrogen-bond donors (Lipinski definition) is 1. The van der Waals surface area contributed by atoms with Crippen molar-refractivity contribution in [3.63, 3.8) is 0 Å². The van der Waals surface area contributed by atoms with Gasteiger partial charge in [-0.2, -0.15) is 0 Å². The van der Waals surface area contributed by atoms with Gasteiger partial charge in [0.2, 0.25) is 5.95 Å². The standard InChI is InChI=1S/C19H22N4O4/c1-4-8-23-11-20-19(22-23)21-18(25)12(3)26-14-6-7-15-13(5-2)9-17(24)27-16(15)10-14/h6-7,9-12H,4-5,8H2,1-3H3,(H,21,22,25). The zero-order valence-electron chi connectivity index (χ0n) is 15.6. The Hall–Kier alpha value is -3.16. The highest BCUT2D eigenvalue weighted by atomic mass is 16.5. The van der Waals surface area contributed by atoms with Crippen molar-refractivity contribution in [2.45, 2.75) is 46.3 Å². The quantitative estimate of drug-likeness (QED) is 0.642. The van der Waals surface area contributed by atoms with E-state index in [1.165, 1.54) is 6.07 Å². The van der Waals surface area contributed by atoms with E-state index in [0.29, 0.717) is 11.3 Å². The van der Waals surface area contributed by atoms with Crippen molar-refractivity contribution in [3.05, 3.63) is 46.6 Å². The second-order valence-corrected chi connectivity index (χ2v) is 6.18. The van der Waals surface area contributed by atoms with Crippen LogP contribution in [0.25, 0.3) is 11.0 Å². The van der Waals surface area contributed by atoms with Crippen LogP contribution in [-0.2, 0) is 17.8 Å². The highest BCUT2D eigenvalue weighted by Crippen LogP contribution is 2.23. The summed E-state index contributed by atoms with van der Waals surface area (Å²) in [5.41, 5.74) is 0.938. The number of fused-ring (bicyclic) bond motifs is 1. The van der Waals surface area contributed by atoms with E-state index in [4.69, 9.17) is 9.15 Å². The average Bonchev–Trinajstić information content (AvgIpc) is 3.07. The van der Waals surface area contributed by atoms with Gasteiger partial charge in [-0.1, -0.05) is 13.8 Å². The Morgan fingerprint density at radius 3 is 2.89 bits per heavy atom. The van der Waals surface area contributed by atoms with Crippen LogP contribution in [0.5, 0.6) is 5.75 Å². The Morgan fingerprint density at radius 2 is 2.15 bits per heavy atom. The lowest BCUT2D eigenvalue weighted by Crippen LogP contribution is -2.30. The number of nitrogens with one attached hydrogen (secondary N) is 1. The SMILES string of the molecule is CCCn1cnc(NC(=O)C(C)Oc2ccc3c(CC)cc(=O)oc3c2)n1. The normalized spacial score (nSPS) is 12.1. The summed E-state index contributed by atoms with van der Waals surface area (Å²) in [4.78, 5) is 28.0. The molecule has 0 saturated carbocycles. The minimum atomic E-state index is -0.776. The summed E-state index contributed by atoms with van der Waals surface area (Å²) in [6, 6.07) is 6.68. The number of nitrogens with zero attached hydrogens (tertiary/aromatic N) is 3. The van der Waals surface area contributed by atoms with Gasteiger partial charge in [0, 0.05) is 24.1 Å².